The van der Waals surface area contributed by atoms with Gasteiger partial charge in [0.15, 0.2) is 0 Å². The molecule has 0 spiro atoms. The number of hydrogen-bond donors (Lipinski definition) is 1. The molecular weight excluding hydrogens is 379 g/mol. The third-order valence-electron chi connectivity index (χ3n) is 2.44. The molecule has 19 heavy (non-hydrogen) atoms. The minimum Gasteiger partial charge on any atom is -0.348 e. The molecule has 0 unspecified atom stereocenters. The summed E-state index contributed by atoms with van der Waals surface area (Å²) in [6, 6.07) is 7.92. The minimum atomic E-state index is -0.350. The molecule has 2 aromatic rings. The largest absolute Gasteiger partial charge is 0.348 e. The van der Waals surface area contributed by atoms with Crippen molar-refractivity contribution in [2.75, 3.05) is 0 Å². The van der Waals surface area contributed by atoms with Crippen molar-refractivity contribution in [2.24, 2.45) is 0 Å². The van der Waals surface area contributed by atoms with E-state index in [-0.39, 0.29) is 18.3 Å². The summed E-state index contributed by atoms with van der Waals surface area (Å²) in [5, 5.41) is 2.65. The highest BCUT2D eigenvalue weighted by molar-refractivity contribution is 9.10. The van der Waals surface area contributed by atoms with Gasteiger partial charge in [-0.25, -0.2) is 9.37 Å². The van der Waals surface area contributed by atoms with Gasteiger partial charge in [-0.05, 0) is 46.3 Å². The zero-order chi connectivity index (χ0) is 13.8. The molecule has 1 amide bonds. The van der Waals surface area contributed by atoms with E-state index in [9.17, 15) is 9.18 Å². The van der Waals surface area contributed by atoms with Crippen molar-refractivity contribution in [3.63, 3.8) is 0 Å². The summed E-state index contributed by atoms with van der Waals surface area (Å²) in [7, 11) is 0. The molecule has 1 heterocycles. The van der Waals surface area contributed by atoms with Crippen LogP contribution < -0.4 is 5.32 Å². The second-order valence-corrected chi connectivity index (χ2v) is 5.52. The van der Waals surface area contributed by atoms with Gasteiger partial charge in [0.05, 0.1) is 5.56 Å². The van der Waals surface area contributed by atoms with Crippen LogP contribution in [0.1, 0.15) is 15.9 Å². The lowest BCUT2D eigenvalue weighted by atomic mass is 10.2. The maximum Gasteiger partial charge on any atom is 0.253 e. The van der Waals surface area contributed by atoms with Gasteiger partial charge in [-0.2, -0.15) is 0 Å². The SMILES string of the molecule is O=C(NCc1cc(Br)ccc1F)c1ccc(Br)nc1. The average molecular weight is 388 g/mol. The maximum absolute atomic E-state index is 13.5. The second kappa shape index (κ2) is 6.25. The Bertz CT molecular complexity index is 602. The van der Waals surface area contributed by atoms with Crippen molar-refractivity contribution in [1.82, 2.24) is 10.3 Å². The molecule has 1 aromatic carbocycles. The molecule has 0 aliphatic carbocycles. The van der Waals surface area contributed by atoms with Gasteiger partial charge in [0, 0.05) is 22.8 Å². The Kier molecular flexibility index (Phi) is 4.66. The first-order chi connectivity index (χ1) is 9.06. The Balaban J connectivity index is 2.04. The van der Waals surface area contributed by atoms with Gasteiger partial charge in [0.25, 0.3) is 5.91 Å². The molecule has 0 aliphatic heterocycles. The van der Waals surface area contributed by atoms with Gasteiger partial charge in [-0.1, -0.05) is 15.9 Å². The van der Waals surface area contributed by atoms with Crippen LogP contribution in [0.2, 0.25) is 0 Å². The number of rotatable bonds is 3. The summed E-state index contributed by atoms with van der Waals surface area (Å²) in [4.78, 5) is 15.8. The van der Waals surface area contributed by atoms with Crippen LogP contribution in [0.5, 0.6) is 0 Å². The number of amides is 1. The number of benzene rings is 1. The molecular formula is C13H9Br2FN2O. The van der Waals surface area contributed by atoms with Crippen molar-refractivity contribution >= 4 is 37.8 Å². The van der Waals surface area contributed by atoms with Gasteiger partial charge >= 0.3 is 0 Å². The van der Waals surface area contributed by atoms with E-state index < -0.39 is 0 Å². The van der Waals surface area contributed by atoms with Crippen LogP contribution in [-0.2, 0) is 6.54 Å². The van der Waals surface area contributed by atoms with E-state index in [1.165, 1.54) is 12.3 Å². The highest BCUT2D eigenvalue weighted by atomic mass is 79.9. The van der Waals surface area contributed by atoms with Crippen molar-refractivity contribution < 1.29 is 9.18 Å². The number of aromatic nitrogens is 1. The molecule has 98 valence electrons. The van der Waals surface area contributed by atoms with E-state index >= 15 is 0 Å². The fourth-order valence-corrected chi connectivity index (χ4v) is 2.11. The number of pyridine rings is 1. The van der Waals surface area contributed by atoms with Gasteiger partial charge < -0.3 is 5.32 Å². The molecule has 0 saturated heterocycles. The minimum absolute atomic E-state index is 0.125. The Morgan fingerprint density at radius 1 is 1.26 bits per heavy atom. The predicted octanol–water partition coefficient (Wildman–Crippen LogP) is 3.68. The second-order valence-electron chi connectivity index (χ2n) is 3.79. The number of carbonyl (C=O) groups excluding carboxylic acids is 1. The maximum atomic E-state index is 13.5. The summed E-state index contributed by atoms with van der Waals surface area (Å²) in [5.41, 5.74) is 0.853. The number of hydrogen-bond acceptors (Lipinski definition) is 2. The first kappa shape index (κ1) is 14.1. The van der Waals surface area contributed by atoms with E-state index in [0.29, 0.717) is 15.7 Å². The van der Waals surface area contributed by atoms with Crippen LogP contribution in [-0.4, -0.2) is 10.9 Å². The Labute approximate surface area is 126 Å². The van der Waals surface area contributed by atoms with E-state index in [1.807, 2.05) is 0 Å². The van der Waals surface area contributed by atoms with E-state index in [1.54, 1.807) is 24.3 Å². The molecule has 1 N–H and O–H groups in total. The van der Waals surface area contributed by atoms with Crippen molar-refractivity contribution in [1.29, 1.82) is 0 Å². The van der Waals surface area contributed by atoms with E-state index in [0.717, 1.165) is 4.47 Å². The summed E-state index contributed by atoms with van der Waals surface area (Å²) in [6.07, 6.45) is 1.46. The lowest BCUT2D eigenvalue weighted by Gasteiger charge is -2.07. The molecule has 2 rings (SSSR count). The number of halogens is 3. The lowest BCUT2D eigenvalue weighted by molar-refractivity contribution is 0.0950. The van der Waals surface area contributed by atoms with Gasteiger partial charge in [0.1, 0.15) is 10.4 Å². The molecule has 0 fully saturated rings. The molecule has 0 saturated carbocycles. The average Bonchev–Trinajstić information content (AvgIpc) is 2.40. The molecule has 0 aliphatic rings. The summed E-state index contributed by atoms with van der Waals surface area (Å²) in [6.45, 7) is 0.125. The Morgan fingerprint density at radius 2 is 2.05 bits per heavy atom. The monoisotopic (exact) mass is 386 g/mol. The third kappa shape index (κ3) is 3.84. The highest BCUT2D eigenvalue weighted by Gasteiger charge is 2.08. The summed E-state index contributed by atoms with van der Waals surface area (Å²) < 4.78 is 14.9. The van der Waals surface area contributed by atoms with Crippen molar-refractivity contribution in [3.05, 3.63) is 62.5 Å². The smallest absolute Gasteiger partial charge is 0.253 e. The zero-order valence-corrected chi connectivity index (χ0v) is 12.8. The van der Waals surface area contributed by atoms with Crippen LogP contribution in [0.25, 0.3) is 0 Å². The molecule has 0 radical (unpaired) electrons. The summed E-state index contributed by atoms with van der Waals surface area (Å²) in [5.74, 6) is -0.642. The van der Waals surface area contributed by atoms with Crippen molar-refractivity contribution in [2.45, 2.75) is 6.54 Å². The van der Waals surface area contributed by atoms with E-state index in [2.05, 4.69) is 42.2 Å². The van der Waals surface area contributed by atoms with Gasteiger partial charge in [-0.3, -0.25) is 4.79 Å². The highest BCUT2D eigenvalue weighted by Crippen LogP contribution is 2.15. The molecule has 0 atom stereocenters. The molecule has 3 nitrogen and oxygen atoms in total. The molecule has 6 heteroatoms. The third-order valence-corrected chi connectivity index (χ3v) is 3.40. The Morgan fingerprint density at radius 3 is 2.74 bits per heavy atom. The van der Waals surface area contributed by atoms with Crippen LogP contribution >= 0.6 is 31.9 Å². The fraction of sp³-hybridized carbons (Fsp3) is 0.0769. The van der Waals surface area contributed by atoms with Crippen LogP contribution in [0, 0.1) is 5.82 Å². The van der Waals surface area contributed by atoms with Gasteiger partial charge in [0.2, 0.25) is 0 Å². The fourth-order valence-electron chi connectivity index (χ4n) is 1.47. The quantitative estimate of drug-likeness (QED) is 0.816. The van der Waals surface area contributed by atoms with Crippen molar-refractivity contribution in [3.8, 4) is 0 Å². The first-order valence-corrected chi connectivity index (χ1v) is 6.98. The number of nitrogens with zero attached hydrogens (tertiary/aromatic N) is 1. The number of carbonyl (C=O) groups is 1. The molecule has 1 aromatic heterocycles. The molecule has 0 bridgehead atoms. The number of nitrogens with one attached hydrogen (secondary N) is 1. The first-order valence-electron chi connectivity index (χ1n) is 5.40. The van der Waals surface area contributed by atoms with Crippen LogP contribution in [0.3, 0.4) is 0 Å². The predicted molar refractivity (Wildman–Crippen MR) is 77.2 cm³/mol. The van der Waals surface area contributed by atoms with Crippen LogP contribution in [0.4, 0.5) is 4.39 Å². The lowest BCUT2D eigenvalue weighted by Crippen LogP contribution is -2.23. The normalized spacial score (nSPS) is 10.3. The Hall–Kier alpha value is -1.27. The summed E-state index contributed by atoms with van der Waals surface area (Å²) >= 11 is 6.45. The zero-order valence-electron chi connectivity index (χ0n) is 9.66. The topological polar surface area (TPSA) is 42.0 Å². The van der Waals surface area contributed by atoms with Gasteiger partial charge in [-0.15, -0.1) is 0 Å². The van der Waals surface area contributed by atoms with E-state index in [4.69, 9.17) is 0 Å². The standard InChI is InChI=1S/C13H9Br2FN2O/c14-10-2-3-11(16)9(5-10)7-18-13(19)8-1-4-12(15)17-6-8/h1-6H,7H2,(H,18,19). The van der Waals surface area contributed by atoms with Crippen LogP contribution in [0.15, 0.2) is 45.6 Å².